The summed E-state index contributed by atoms with van der Waals surface area (Å²) in [4.78, 5) is 58.4. The number of phosphoric ester groups is 2. The molecule has 91 heavy (non-hydrogen) atoms. The number of phosphoric acid groups is 2. The van der Waals surface area contributed by atoms with Gasteiger partial charge < -0.3 is 34.2 Å². The Morgan fingerprint density at radius 1 is 0.319 bits per heavy atom. The van der Waals surface area contributed by atoms with Crippen molar-refractivity contribution < 1.29 is 75.8 Å². The van der Waals surface area contributed by atoms with Crippen molar-refractivity contribution >= 4 is 33.6 Å². The molecule has 0 aliphatic rings. The third-order valence-corrected chi connectivity index (χ3v) is 16.4. The third kappa shape index (κ3) is 67.4. The third-order valence-electron chi connectivity index (χ3n) is 14.5. The van der Waals surface area contributed by atoms with Crippen LogP contribution in [0.1, 0.15) is 278 Å². The smallest absolute Gasteiger partial charge is 0.463 e. The van der Waals surface area contributed by atoms with Gasteiger partial charge in [-0.2, -0.15) is 0 Å². The van der Waals surface area contributed by atoms with E-state index in [4.69, 9.17) is 32.3 Å². The van der Waals surface area contributed by atoms with Crippen LogP contribution in [0.25, 0.3) is 0 Å². The highest BCUT2D eigenvalue weighted by molar-refractivity contribution is 7.47. The minimum absolute atomic E-state index is 0.101. The van der Waals surface area contributed by atoms with Gasteiger partial charge in [-0.15, -0.1) is 0 Å². The molecule has 0 amide bonds. The molecule has 0 fully saturated rings. The van der Waals surface area contributed by atoms with E-state index in [1.807, 2.05) is 0 Å². The van der Waals surface area contributed by atoms with E-state index in [0.29, 0.717) is 19.3 Å². The van der Waals surface area contributed by atoms with Gasteiger partial charge in [-0.1, -0.05) is 265 Å². The monoisotopic (exact) mass is 1320 g/mol. The van der Waals surface area contributed by atoms with E-state index in [0.717, 1.165) is 141 Å². The molecule has 0 bridgehead atoms. The normalized spacial score (nSPS) is 14.8. The predicted molar refractivity (Wildman–Crippen MR) is 371 cm³/mol. The molecule has 0 saturated heterocycles. The van der Waals surface area contributed by atoms with Crippen LogP contribution in [0.15, 0.2) is 109 Å². The van der Waals surface area contributed by atoms with Gasteiger partial charge in [-0.25, -0.2) is 9.13 Å². The standard InChI is InChI=1S/C73H126O16P2/c1-4-7-10-13-16-19-22-25-27-29-30-31-32-33-34-35-36-38-40-42-44-47-50-53-56-59-71(76)83-62-68(74)63-85-90(79,80)86-64-69(75)65-87-91(81,82)88-67-70(89-73(78)61-58-55-52-49-46-41-24-21-18-15-12-9-6-3)66-84-72(77)60-57-54-51-48-45-43-39-37-28-26-23-20-17-14-11-8-5-2/h7-8,10-11,16-17,19-20,25-28,30-31,33-34,39,43,68-70,74-75H,4-6,9,12-15,18,21-24,29,32,35-38,40-42,44-67H2,1-3H3,(H,79,80)(H,81,82)/b10-7-,11-8-,19-16-,20-17-,27-25-,28-26-,31-30-,34-33-,43-39-. The molecule has 0 aromatic rings. The van der Waals surface area contributed by atoms with Crippen molar-refractivity contribution in [3.63, 3.8) is 0 Å². The van der Waals surface area contributed by atoms with Gasteiger partial charge in [0.05, 0.1) is 26.4 Å². The first-order chi connectivity index (χ1) is 44.2. The van der Waals surface area contributed by atoms with Gasteiger partial charge in [-0.05, 0) is 103 Å². The lowest BCUT2D eigenvalue weighted by Crippen LogP contribution is -2.30. The van der Waals surface area contributed by atoms with Crippen LogP contribution in [0.5, 0.6) is 0 Å². The molecule has 0 spiro atoms. The maximum atomic E-state index is 12.9. The van der Waals surface area contributed by atoms with Gasteiger partial charge in [-0.3, -0.25) is 32.5 Å². The fourth-order valence-corrected chi connectivity index (χ4v) is 10.8. The van der Waals surface area contributed by atoms with Crippen LogP contribution in [-0.2, 0) is 55.8 Å². The van der Waals surface area contributed by atoms with E-state index in [9.17, 15) is 43.5 Å². The van der Waals surface area contributed by atoms with E-state index in [1.54, 1.807) is 0 Å². The highest BCUT2D eigenvalue weighted by atomic mass is 31.2. The number of unbranched alkanes of at least 4 members (excludes halogenated alkanes) is 25. The van der Waals surface area contributed by atoms with Crippen LogP contribution in [0.4, 0.5) is 0 Å². The average Bonchev–Trinajstić information content (AvgIpc) is 3.75. The SMILES string of the molecule is CC/C=C\C/C=C\C/C=C\C/C=C\C/C=C\CCCCCCCCCCCC(=O)OCC(O)COP(=O)(O)OCC(O)COP(=O)(O)OCC(COC(=O)CCCCCC/C=C\C/C=C\C/C=C\C/C=C\CC)OC(=O)CCCCCCCCCCCCCCC. The number of carbonyl (C=O) groups is 3. The molecule has 5 unspecified atom stereocenters. The minimum Gasteiger partial charge on any atom is -0.463 e. The van der Waals surface area contributed by atoms with E-state index >= 15 is 0 Å². The molecule has 524 valence electrons. The first-order valence-corrected chi connectivity index (χ1v) is 38.2. The number of rotatable bonds is 66. The van der Waals surface area contributed by atoms with Crippen molar-refractivity contribution in [2.45, 2.75) is 296 Å². The summed E-state index contributed by atoms with van der Waals surface area (Å²) in [5.41, 5.74) is 0. The molecule has 0 aromatic carbocycles. The summed E-state index contributed by atoms with van der Waals surface area (Å²) in [5, 5.41) is 20.6. The van der Waals surface area contributed by atoms with Gasteiger partial charge in [0.15, 0.2) is 6.10 Å². The molecular weight excluding hydrogens is 1190 g/mol. The highest BCUT2D eigenvalue weighted by Crippen LogP contribution is 2.45. The van der Waals surface area contributed by atoms with E-state index < -0.39 is 91.5 Å². The summed E-state index contributed by atoms with van der Waals surface area (Å²) in [6, 6.07) is 0. The van der Waals surface area contributed by atoms with Gasteiger partial charge in [0.2, 0.25) is 0 Å². The quantitative estimate of drug-likeness (QED) is 0.0146. The number of hydrogen-bond donors (Lipinski definition) is 4. The molecule has 0 rings (SSSR count). The molecule has 0 aliphatic carbocycles. The number of allylic oxidation sites excluding steroid dienone is 18. The van der Waals surface area contributed by atoms with Crippen molar-refractivity contribution in [1.82, 2.24) is 0 Å². The van der Waals surface area contributed by atoms with Crippen molar-refractivity contribution in [2.75, 3.05) is 39.6 Å². The van der Waals surface area contributed by atoms with Crippen LogP contribution >= 0.6 is 15.6 Å². The maximum absolute atomic E-state index is 12.9. The first kappa shape index (κ1) is 87.2. The van der Waals surface area contributed by atoms with Crippen molar-refractivity contribution in [3.05, 3.63) is 109 Å². The molecule has 5 atom stereocenters. The van der Waals surface area contributed by atoms with Gasteiger partial charge in [0.1, 0.15) is 25.4 Å². The topological polar surface area (TPSA) is 231 Å². The number of carbonyl (C=O) groups excluding carboxylic acids is 3. The van der Waals surface area contributed by atoms with Crippen LogP contribution in [0, 0.1) is 0 Å². The average molecular weight is 1320 g/mol. The number of aliphatic hydroxyl groups excluding tert-OH is 2. The number of ether oxygens (including phenoxy) is 3. The Morgan fingerprint density at radius 2 is 0.582 bits per heavy atom. The van der Waals surface area contributed by atoms with Crippen LogP contribution in [0.2, 0.25) is 0 Å². The largest absolute Gasteiger partial charge is 0.472 e. The highest BCUT2D eigenvalue weighted by Gasteiger charge is 2.29. The molecule has 0 saturated carbocycles. The van der Waals surface area contributed by atoms with Crippen LogP contribution in [-0.4, -0.2) is 95.9 Å². The fraction of sp³-hybridized carbons (Fsp3) is 0.712. The lowest BCUT2D eigenvalue weighted by atomic mass is 10.0. The van der Waals surface area contributed by atoms with Crippen molar-refractivity contribution in [3.8, 4) is 0 Å². The maximum Gasteiger partial charge on any atom is 0.472 e. The Bertz CT molecular complexity index is 2100. The zero-order chi connectivity index (χ0) is 66.7. The molecule has 18 heteroatoms. The second kappa shape index (κ2) is 66.2. The predicted octanol–water partition coefficient (Wildman–Crippen LogP) is 19.6. The summed E-state index contributed by atoms with van der Waals surface area (Å²) in [7, 11) is -9.78. The number of esters is 3. The second-order valence-corrected chi connectivity index (χ2v) is 26.2. The summed E-state index contributed by atoms with van der Waals surface area (Å²) >= 11 is 0. The van der Waals surface area contributed by atoms with E-state index in [-0.39, 0.29) is 19.3 Å². The first-order valence-electron chi connectivity index (χ1n) is 35.2. The molecule has 0 aromatic heterocycles. The lowest BCUT2D eigenvalue weighted by molar-refractivity contribution is -0.161. The lowest BCUT2D eigenvalue weighted by Gasteiger charge is -2.21. The number of aliphatic hydroxyl groups is 2. The molecule has 0 aliphatic heterocycles. The second-order valence-electron chi connectivity index (χ2n) is 23.3. The van der Waals surface area contributed by atoms with E-state index in [1.165, 1.54) is 77.0 Å². The van der Waals surface area contributed by atoms with Gasteiger partial charge >= 0.3 is 33.6 Å². The zero-order valence-electron chi connectivity index (χ0n) is 56.7. The van der Waals surface area contributed by atoms with Crippen LogP contribution < -0.4 is 0 Å². The van der Waals surface area contributed by atoms with Crippen molar-refractivity contribution in [2.24, 2.45) is 0 Å². The molecule has 0 heterocycles. The zero-order valence-corrected chi connectivity index (χ0v) is 58.5. The van der Waals surface area contributed by atoms with Crippen molar-refractivity contribution in [1.29, 1.82) is 0 Å². The fourth-order valence-electron chi connectivity index (χ4n) is 9.18. The number of hydrogen-bond acceptors (Lipinski definition) is 14. The van der Waals surface area contributed by atoms with Gasteiger partial charge in [0, 0.05) is 19.3 Å². The Morgan fingerprint density at radius 3 is 0.923 bits per heavy atom. The Hall–Kier alpha value is -3.79. The van der Waals surface area contributed by atoms with Crippen LogP contribution in [0.3, 0.4) is 0 Å². The molecular formula is C73H126O16P2. The summed E-state index contributed by atoms with van der Waals surface area (Å²) in [6.45, 7) is 2.41. The van der Waals surface area contributed by atoms with Gasteiger partial charge in [0.25, 0.3) is 0 Å². The molecule has 16 nitrogen and oxygen atoms in total. The van der Waals surface area contributed by atoms with E-state index in [2.05, 4.69) is 130 Å². The Kier molecular flexibility index (Phi) is 63.5. The summed E-state index contributed by atoms with van der Waals surface area (Å²) < 4.78 is 60.9. The molecule has 4 N–H and O–H groups in total. The summed E-state index contributed by atoms with van der Waals surface area (Å²) in [6.07, 6.45) is 74.3. The minimum atomic E-state index is -4.93. The summed E-state index contributed by atoms with van der Waals surface area (Å²) in [5.74, 6) is -1.60. The molecule has 0 radical (unpaired) electrons. The Balaban J connectivity index is 4.56. The Labute approximate surface area is 551 Å².